The molecular formula is C24H21FN4O4S2. The number of anilines is 1. The molecule has 0 N–H and O–H groups in total. The highest BCUT2D eigenvalue weighted by molar-refractivity contribution is 7.89. The van der Waals surface area contributed by atoms with Crippen LogP contribution in [-0.2, 0) is 21.3 Å². The smallest absolute Gasteiger partial charge is 0.260 e. The Morgan fingerprint density at radius 3 is 2.57 bits per heavy atom. The Morgan fingerprint density at radius 2 is 1.86 bits per heavy atom. The number of hydrogen-bond donors (Lipinski definition) is 0. The summed E-state index contributed by atoms with van der Waals surface area (Å²) in [7, 11) is -3.67. The summed E-state index contributed by atoms with van der Waals surface area (Å²) in [6, 6.07) is 15.5. The van der Waals surface area contributed by atoms with Gasteiger partial charge in [0, 0.05) is 24.8 Å². The molecule has 0 spiro atoms. The number of morpholine rings is 1. The van der Waals surface area contributed by atoms with Crippen LogP contribution in [-0.4, -0.2) is 54.9 Å². The molecule has 0 atom stereocenters. The highest BCUT2D eigenvalue weighted by atomic mass is 32.2. The second kappa shape index (κ2) is 9.78. The van der Waals surface area contributed by atoms with E-state index in [0.29, 0.717) is 52.9 Å². The fourth-order valence-electron chi connectivity index (χ4n) is 3.74. The number of carbonyl (C=O) groups is 1. The van der Waals surface area contributed by atoms with E-state index in [4.69, 9.17) is 4.74 Å². The third kappa shape index (κ3) is 4.94. The number of sulfonamides is 1. The van der Waals surface area contributed by atoms with E-state index in [1.165, 1.54) is 56.9 Å². The number of benzene rings is 2. The van der Waals surface area contributed by atoms with Crippen LogP contribution < -0.4 is 4.90 Å². The van der Waals surface area contributed by atoms with Gasteiger partial charge in [-0.15, -0.1) is 0 Å². The number of hydrogen-bond acceptors (Lipinski definition) is 7. The number of halogens is 1. The summed E-state index contributed by atoms with van der Waals surface area (Å²) in [5.74, 6) is -0.752. The molecule has 0 bridgehead atoms. The third-order valence-electron chi connectivity index (χ3n) is 5.57. The van der Waals surface area contributed by atoms with Crippen LogP contribution in [0.5, 0.6) is 0 Å². The summed E-state index contributed by atoms with van der Waals surface area (Å²) in [5, 5.41) is 0.395. The number of aromatic nitrogens is 2. The Labute approximate surface area is 205 Å². The lowest BCUT2D eigenvalue weighted by Crippen LogP contribution is -2.40. The van der Waals surface area contributed by atoms with Crippen LogP contribution in [0.3, 0.4) is 0 Å². The molecule has 1 saturated heterocycles. The third-order valence-corrected chi connectivity index (χ3v) is 8.52. The molecule has 1 fully saturated rings. The quantitative estimate of drug-likeness (QED) is 0.391. The van der Waals surface area contributed by atoms with Gasteiger partial charge < -0.3 is 4.74 Å². The molecule has 1 aliphatic heterocycles. The minimum atomic E-state index is -3.67. The van der Waals surface area contributed by atoms with Gasteiger partial charge in [0.15, 0.2) is 5.13 Å². The number of rotatable bonds is 6. The van der Waals surface area contributed by atoms with Crippen molar-refractivity contribution in [2.75, 3.05) is 31.2 Å². The number of ether oxygens (including phenoxy) is 1. The molecule has 0 aliphatic carbocycles. The van der Waals surface area contributed by atoms with Crippen molar-refractivity contribution < 1.29 is 22.3 Å². The maximum absolute atomic E-state index is 13.7. The average molecular weight is 513 g/mol. The van der Waals surface area contributed by atoms with E-state index < -0.39 is 10.0 Å². The van der Waals surface area contributed by atoms with Gasteiger partial charge in [-0.05, 0) is 54.6 Å². The predicted molar refractivity (Wildman–Crippen MR) is 130 cm³/mol. The zero-order valence-electron chi connectivity index (χ0n) is 18.5. The van der Waals surface area contributed by atoms with Crippen molar-refractivity contribution in [1.82, 2.24) is 14.3 Å². The molecule has 0 saturated carbocycles. The number of thiazole rings is 1. The molecule has 11 heteroatoms. The minimum absolute atomic E-state index is 0.114. The molecule has 5 rings (SSSR count). The van der Waals surface area contributed by atoms with Crippen molar-refractivity contribution in [2.45, 2.75) is 11.4 Å². The molecule has 2 aromatic carbocycles. The first kappa shape index (κ1) is 23.5. The van der Waals surface area contributed by atoms with Crippen LogP contribution in [0.1, 0.15) is 16.1 Å². The van der Waals surface area contributed by atoms with Gasteiger partial charge in [0.1, 0.15) is 5.82 Å². The molecular weight excluding hydrogens is 491 g/mol. The molecule has 1 amide bonds. The molecule has 3 heterocycles. The number of pyridine rings is 1. The Morgan fingerprint density at radius 1 is 1.09 bits per heavy atom. The molecule has 4 aromatic rings. The van der Waals surface area contributed by atoms with Crippen molar-refractivity contribution in [3.05, 3.63) is 83.9 Å². The van der Waals surface area contributed by atoms with Gasteiger partial charge in [0.25, 0.3) is 5.91 Å². The summed E-state index contributed by atoms with van der Waals surface area (Å²) in [6.45, 7) is 1.43. The van der Waals surface area contributed by atoms with Crippen molar-refractivity contribution in [2.24, 2.45) is 0 Å². The number of carbonyl (C=O) groups excluding carboxylic acids is 1. The first-order valence-corrected chi connectivity index (χ1v) is 13.1. The fraction of sp³-hybridized carbons (Fsp3) is 0.208. The Hall–Kier alpha value is -3.25. The monoisotopic (exact) mass is 512 g/mol. The zero-order valence-corrected chi connectivity index (χ0v) is 20.1. The molecule has 180 valence electrons. The molecule has 35 heavy (non-hydrogen) atoms. The van der Waals surface area contributed by atoms with Crippen LogP contribution in [0.15, 0.2) is 71.8 Å². The largest absolute Gasteiger partial charge is 0.379 e. The highest BCUT2D eigenvalue weighted by Gasteiger charge is 2.27. The number of amides is 1. The van der Waals surface area contributed by atoms with Crippen molar-refractivity contribution in [3.8, 4) is 0 Å². The van der Waals surface area contributed by atoms with Gasteiger partial charge in [-0.1, -0.05) is 17.4 Å². The van der Waals surface area contributed by atoms with Gasteiger partial charge in [-0.3, -0.25) is 14.7 Å². The topological polar surface area (TPSA) is 92.7 Å². The lowest BCUT2D eigenvalue weighted by atomic mass is 10.2. The predicted octanol–water partition coefficient (Wildman–Crippen LogP) is 3.70. The molecule has 8 nitrogen and oxygen atoms in total. The van der Waals surface area contributed by atoms with E-state index in [0.717, 1.165) is 0 Å². The van der Waals surface area contributed by atoms with Gasteiger partial charge in [0.2, 0.25) is 10.0 Å². The second-order valence-electron chi connectivity index (χ2n) is 7.86. The van der Waals surface area contributed by atoms with Crippen molar-refractivity contribution in [1.29, 1.82) is 0 Å². The molecule has 0 unspecified atom stereocenters. The summed E-state index contributed by atoms with van der Waals surface area (Å²) in [5.41, 5.74) is 1.53. The van der Waals surface area contributed by atoms with E-state index >= 15 is 0 Å². The standard InChI is InChI=1S/C24H21FN4O4S2/c25-18-6-9-21-22(15-18)34-24(27-21)29(16-19-3-1-2-10-26-19)23(30)17-4-7-20(8-5-17)35(31,32)28-11-13-33-14-12-28/h1-10,15H,11-14,16H2. The van der Waals surface area contributed by atoms with Crippen LogP contribution in [0.4, 0.5) is 9.52 Å². The maximum atomic E-state index is 13.7. The SMILES string of the molecule is O=C(c1ccc(S(=O)(=O)N2CCOCC2)cc1)N(Cc1ccccn1)c1nc2ccc(F)cc2s1. The van der Waals surface area contributed by atoms with E-state index in [1.807, 2.05) is 6.07 Å². The average Bonchev–Trinajstić information content (AvgIpc) is 3.31. The number of nitrogens with zero attached hydrogens (tertiary/aromatic N) is 4. The summed E-state index contributed by atoms with van der Waals surface area (Å²) >= 11 is 1.20. The first-order valence-electron chi connectivity index (χ1n) is 10.9. The lowest BCUT2D eigenvalue weighted by molar-refractivity contribution is 0.0730. The lowest BCUT2D eigenvalue weighted by Gasteiger charge is -2.26. The van der Waals surface area contributed by atoms with Gasteiger partial charge in [-0.25, -0.2) is 17.8 Å². The highest BCUT2D eigenvalue weighted by Crippen LogP contribution is 2.31. The van der Waals surface area contributed by atoms with Crippen molar-refractivity contribution >= 4 is 42.6 Å². The summed E-state index contributed by atoms with van der Waals surface area (Å²) in [4.78, 5) is 24.0. The van der Waals surface area contributed by atoms with Crippen LogP contribution in [0.25, 0.3) is 10.2 Å². The Balaban J connectivity index is 1.47. The van der Waals surface area contributed by atoms with Gasteiger partial charge >= 0.3 is 0 Å². The first-order chi connectivity index (χ1) is 16.9. The second-order valence-corrected chi connectivity index (χ2v) is 10.8. The van der Waals surface area contributed by atoms with E-state index in [9.17, 15) is 17.6 Å². The summed E-state index contributed by atoms with van der Waals surface area (Å²) < 4.78 is 46.8. The minimum Gasteiger partial charge on any atom is -0.379 e. The fourth-order valence-corrected chi connectivity index (χ4v) is 6.14. The Bertz CT molecular complexity index is 1450. The van der Waals surface area contributed by atoms with E-state index in [1.54, 1.807) is 24.4 Å². The number of fused-ring (bicyclic) bond motifs is 1. The zero-order chi connectivity index (χ0) is 24.4. The normalized spacial score (nSPS) is 14.8. The van der Waals surface area contributed by atoms with Gasteiger partial charge in [0.05, 0.1) is 40.6 Å². The molecule has 0 radical (unpaired) electrons. The van der Waals surface area contributed by atoms with Crippen LogP contribution in [0.2, 0.25) is 0 Å². The molecule has 2 aromatic heterocycles. The molecule has 1 aliphatic rings. The Kier molecular flexibility index (Phi) is 6.56. The van der Waals surface area contributed by atoms with Crippen LogP contribution in [0, 0.1) is 5.82 Å². The van der Waals surface area contributed by atoms with Crippen LogP contribution >= 0.6 is 11.3 Å². The van der Waals surface area contributed by atoms with Gasteiger partial charge in [-0.2, -0.15) is 4.31 Å². The maximum Gasteiger partial charge on any atom is 0.260 e. The summed E-state index contributed by atoms with van der Waals surface area (Å²) in [6.07, 6.45) is 1.64. The van der Waals surface area contributed by atoms with E-state index in [2.05, 4.69) is 9.97 Å². The van der Waals surface area contributed by atoms with Crippen molar-refractivity contribution in [3.63, 3.8) is 0 Å². The van der Waals surface area contributed by atoms with E-state index in [-0.39, 0.29) is 23.2 Å².